The molecule has 0 radical (unpaired) electrons. The van der Waals surface area contributed by atoms with Crippen LogP contribution in [0.2, 0.25) is 0 Å². The van der Waals surface area contributed by atoms with Crippen LogP contribution in [0.5, 0.6) is 0 Å². The summed E-state index contributed by atoms with van der Waals surface area (Å²) in [5, 5.41) is 16.9. The van der Waals surface area contributed by atoms with Crippen LogP contribution in [-0.2, 0) is 4.74 Å². The molecule has 1 fully saturated rings. The fraction of sp³-hybridized carbons (Fsp3) is 0.583. The SMILES string of the molecule is CC1(C)C=C(C2OC2O)C/C=C\C(=N)C1. The molecule has 2 atom stereocenters. The van der Waals surface area contributed by atoms with Crippen molar-refractivity contribution in [3.05, 3.63) is 23.8 Å². The Morgan fingerprint density at radius 3 is 2.80 bits per heavy atom. The molecule has 2 unspecified atom stereocenters. The number of hydrogen-bond acceptors (Lipinski definition) is 3. The zero-order valence-electron chi connectivity index (χ0n) is 9.16. The minimum absolute atomic E-state index is 0.0250. The number of epoxide rings is 1. The molecular weight excluding hydrogens is 190 g/mol. The summed E-state index contributed by atoms with van der Waals surface area (Å²) < 4.78 is 5.07. The molecule has 15 heavy (non-hydrogen) atoms. The lowest BCUT2D eigenvalue weighted by Gasteiger charge is -2.23. The third-order valence-electron chi connectivity index (χ3n) is 2.73. The summed E-state index contributed by atoms with van der Waals surface area (Å²) in [6.45, 7) is 4.21. The summed E-state index contributed by atoms with van der Waals surface area (Å²) in [6, 6.07) is 0. The van der Waals surface area contributed by atoms with Gasteiger partial charge in [-0.2, -0.15) is 0 Å². The number of nitrogens with one attached hydrogen (secondary N) is 1. The maximum absolute atomic E-state index is 9.23. The van der Waals surface area contributed by atoms with Crippen molar-refractivity contribution in [2.24, 2.45) is 5.41 Å². The number of rotatable bonds is 1. The Balaban J connectivity index is 2.19. The van der Waals surface area contributed by atoms with Crippen molar-refractivity contribution in [1.82, 2.24) is 0 Å². The summed E-state index contributed by atoms with van der Waals surface area (Å²) in [5.41, 5.74) is 1.77. The van der Waals surface area contributed by atoms with Crippen molar-refractivity contribution in [3.8, 4) is 0 Å². The highest BCUT2D eigenvalue weighted by Crippen LogP contribution is 2.35. The molecular formula is C12H17NO2. The van der Waals surface area contributed by atoms with Gasteiger partial charge in [0.25, 0.3) is 0 Å². The fourth-order valence-electron chi connectivity index (χ4n) is 2.07. The maximum Gasteiger partial charge on any atom is 0.186 e. The molecule has 1 aliphatic heterocycles. The predicted molar refractivity (Wildman–Crippen MR) is 58.8 cm³/mol. The molecule has 0 aromatic rings. The maximum atomic E-state index is 9.23. The second kappa shape index (κ2) is 3.58. The third-order valence-corrected chi connectivity index (χ3v) is 2.73. The minimum atomic E-state index is -0.612. The van der Waals surface area contributed by atoms with Crippen LogP contribution >= 0.6 is 0 Å². The second-order valence-corrected chi connectivity index (χ2v) is 4.96. The smallest absolute Gasteiger partial charge is 0.186 e. The fourth-order valence-corrected chi connectivity index (χ4v) is 2.07. The summed E-state index contributed by atoms with van der Waals surface area (Å²) in [7, 11) is 0. The van der Waals surface area contributed by atoms with E-state index in [2.05, 4.69) is 19.9 Å². The molecule has 0 aromatic carbocycles. The van der Waals surface area contributed by atoms with E-state index in [4.69, 9.17) is 10.1 Å². The van der Waals surface area contributed by atoms with E-state index in [1.165, 1.54) is 0 Å². The third kappa shape index (κ3) is 2.55. The van der Waals surface area contributed by atoms with Gasteiger partial charge in [0.2, 0.25) is 0 Å². The molecule has 0 bridgehead atoms. The molecule has 82 valence electrons. The van der Waals surface area contributed by atoms with E-state index in [1.807, 2.05) is 12.2 Å². The summed E-state index contributed by atoms with van der Waals surface area (Å²) in [6.07, 6.45) is 6.75. The Morgan fingerprint density at radius 1 is 1.53 bits per heavy atom. The van der Waals surface area contributed by atoms with Crippen molar-refractivity contribution in [2.75, 3.05) is 0 Å². The first-order chi connectivity index (χ1) is 6.98. The Hall–Kier alpha value is -0.930. The van der Waals surface area contributed by atoms with Gasteiger partial charge in [0.1, 0.15) is 6.10 Å². The van der Waals surface area contributed by atoms with Gasteiger partial charge in [-0.3, -0.25) is 0 Å². The largest absolute Gasteiger partial charge is 0.366 e. The van der Waals surface area contributed by atoms with Gasteiger partial charge in [-0.1, -0.05) is 26.0 Å². The van der Waals surface area contributed by atoms with Gasteiger partial charge in [0, 0.05) is 5.71 Å². The topological polar surface area (TPSA) is 56.6 Å². The van der Waals surface area contributed by atoms with Gasteiger partial charge < -0.3 is 15.3 Å². The molecule has 1 heterocycles. The quantitative estimate of drug-likeness (QED) is 0.510. The van der Waals surface area contributed by atoms with Crippen molar-refractivity contribution in [1.29, 1.82) is 5.41 Å². The van der Waals surface area contributed by atoms with E-state index in [0.717, 1.165) is 18.4 Å². The zero-order valence-corrected chi connectivity index (χ0v) is 9.16. The van der Waals surface area contributed by atoms with E-state index in [1.54, 1.807) is 0 Å². The highest BCUT2D eigenvalue weighted by atomic mass is 16.7. The standard InChI is InChI=1S/C12H17NO2/c1-12(2)6-8(10-11(14)15-10)4-3-5-9(13)7-12/h3,5-6,10-11,13-14H,4,7H2,1-2H3/b5-3-,8-6?,13-9?. The van der Waals surface area contributed by atoms with Gasteiger partial charge in [-0.15, -0.1) is 0 Å². The molecule has 2 rings (SSSR count). The summed E-state index contributed by atoms with van der Waals surface area (Å²) in [5.74, 6) is 0. The van der Waals surface area contributed by atoms with Gasteiger partial charge >= 0.3 is 0 Å². The van der Waals surface area contributed by atoms with E-state index in [-0.39, 0.29) is 11.5 Å². The van der Waals surface area contributed by atoms with Crippen molar-refractivity contribution < 1.29 is 9.84 Å². The van der Waals surface area contributed by atoms with Crippen LogP contribution in [0.25, 0.3) is 0 Å². The molecule has 0 amide bonds. The van der Waals surface area contributed by atoms with Crippen molar-refractivity contribution >= 4 is 5.71 Å². The highest BCUT2D eigenvalue weighted by Gasteiger charge is 2.40. The first-order valence-corrected chi connectivity index (χ1v) is 5.27. The van der Waals surface area contributed by atoms with E-state index >= 15 is 0 Å². The molecule has 3 heteroatoms. The van der Waals surface area contributed by atoms with Crippen LogP contribution in [0.15, 0.2) is 23.8 Å². The Morgan fingerprint density at radius 2 is 2.20 bits per heavy atom. The number of allylic oxidation sites excluding steroid dienone is 3. The van der Waals surface area contributed by atoms with Crippen LogP contribution in [0.4, 0.5) is 0 Å². The summed E-state index contributed by atoms with van der Waals surface area (Å²) in [4.78, 5) is 0. The first-order valence-electron chi connectivity index (χ1n) is 5.27. The van der Waals surface area contributed by atoms with Gasteiger partial charge in [-0.05, 0) is 29.9 Å². The Kier molecular flexibility index (Phi) is 2.52. The van der Waals surface area contributed by atoms with Gasteiger partial charge in [0.05, 0.1) is 0 Å². The molecule has 3 nitrogen and oxygen atoms in total. The molecule has 0 saturated carbocycles. The molecule has 1 saturated heterocycles. The molecule has 0 spiro atoms. The normalized spacial score (nSPS) is 36.5. The minimum Gasteiger partial charge on any atom is -0.366 e. The van der Waals surface area contributed by atoms with Crippen molar-refractivity contribution in [3.63, 3.8) is 0 Å². The molecule has 0 aromatic heterocycles. The van der Waals surface area contributed by atoms with Gasteiger partial charge in [0.15, 0.2) is 6.29 Å². The monoisotopic (exact) mass is 207 g/mol. The predicted octanol–water partition coefficient (Wildman–Crippen LogP) is 2.03. The lowest BCUT2D eigenvalue weighted by atomic mass is 9.82. The average Bonchev–Trinajstić information content (AvgIpc) is 2.77. The van der Waals surface area contributed by atoms with E-state index in [0.29, 0.717) is 5.71 Å². The number of hydrogen-bond donors (Lipinski definition) is 2. The lowest BCUT2D eigenvalue weighted by Crippen LogP contribution is -2.16. The van der Waals surface area contributed by atoms with Crippen LogP contribution in [0.1, 0.15) is 26.7 Å². The number of aliphatic hydroxyl groups excluding tert-OH is 1. The first kappa shape index (κ1) is 10.6. The van der Waals surface area contributed by atoms with Crippen LogP contribution in [0.3, 0.4) is 0 Å². The van der Waals surface area contributed by atoms with Crippen molar-refractivity contribution in [2.45, 2.75) is 39.1 Å². The van der Waals surface area contributed by atoms with E-state index in [9.17, 15) is 5.11 Å². The Bertz CT molecular complexity index is 342. The lowest BCUT2D eigenvalue weighted by molar-refractivity contribution is 0.156. The zero-order chi connectivity index (χ0) is 11.1. The van der Waals surface area contributed by atoms with Crippen LogP contribution in [0, 0.1) is 10.8 Å². The van der Waals surface area contributed by atoms with Crippen LogP contribution in [-0.4, -0.2) is 23.2 Å². The molecule has 2 N–H and O–H groups in total. The van der Waals surface area contributed by atoms with Crippen LogP contribution < -0.4 is 0 Å². The highest BCUT2D eigenvalue weighted by molar-refractivity contribution is 5.93. The molecule has 2 aliphatic rings. The number of aliphatic hydroxyl groups is 1. The van der Waals surface area contributed by atoms with E-state index < -0.39 is 6.29 Å². The van der Waals surface area contributed by atoms with Gasteiger partial charge in [-0.25, -0.2) is 0 Å². The summed E-state index contributed by atoms with van der Waals surface area (Å²) >= 11 is 0. The Labute approximate surface area is 90.0 Å². The second-order valence-electron chi connectivity index (χ2n) is 4.96. The average molecular weight is 207 g/mol. The number of ether oxygens (including phenoxy) is 1. The molecule has 1 aliphatic carbocycles.